The summed E-state index contributed by atoms with van der Waals surface area (Å²) in [7, 11) is 0. The van der Waals surface area contributed by atoms with Crippen molar-refractivity contribution in [1.82, 2.24) is 10.2 Å². The minimum Gasteiger partial charge on any atom is -0.338 e. The molecule has 140 valence electrons. The Morgan fingerprint density at radius 1 is 1.04 bits per heavy atom. The number of anilines is 1. The van der Waals surface area contributed by atoms with E-state index >= 15 is 0 Å². The van der Waals surface area contributed by atoms with Crippen molar-refractivity contribution >= 4 is 39.5 Å². The van der Waals surface area contributed by atoms with Crippen LogP contribution in [0.15, 0.2) is 40.9 Å². The van der Waals surface area contributed by atoms with Gasteiger partial charge in [0, 0.05) is 23.2 Å². The lowest BCUT2D eigenvalue weighted by molar-refractivity contribution is 0.0653. The third kappa shape index (κ3) is 4.19. The van der Waals surface area contributed by atoms with E-state index in [9.17, 15) is 14.4 Å². The van der Waals surface area contributed by atoms with Crippen LogP contribution in [0.1, 0.15) is 38.3 Å². The average molecular weight is 430 g/mol. The summed E-state index contributed by atoms with van der Waals surface area (Å²) >= 11 is 3.31. The fourth-order valence-corrected chi connectivity index (χ4v) is 3.30. The molecule has 4 amide bonds. The number of fused-ring (bicyclic) bond motifs is 1. The minimum absolute atomic E-state index is 0.258. The topological polar surface area (TPSA) is 78.5 Å². The molecule has 0 saturated heterocycles. The number of imide groups is 1. The number of hydrogen-bond donors (Lipinski definition) is 2. The highest BCUT2D eigenvalue weighted by molar-refractivity contribution is 9.10. The fraction of sp³-hybridized carbons (Fsp3) is 0.250. The first kappa shape index (κ1) is 19.1. The Kier molecular flexibility index (Phi) is 5.60. The number of amides is 4. The van der Waals surface area contributed by atoms with Crippen LogP contribution in [-0.2, 0) is 0 Å². The van der Waals surface area contributed by atoms with Crippen molar-refractivity contribution in [3.8, 4) is 0 Å². The van der Waals surface area contributed by atoms with Crippen molar-refractivity contribution < 1.29 is 14.4 Å². The summed E-state index contributed by atoms with van der Waals surface area (Å²) in [6, 6.07) is 10.6. The predicted molar refractivity (Wildman–Crippen MR) is 107 cm³/mol. The van der Waals surface area contributed by atoms with Gasteiger partial charge in [-0.25, -0.2) is 4.79 Å². The Balaban J connectivity index is 1.49. The molecule has 2 aromatic rings. The molecule has 0 radical (unpaired) electrons. The highest BCUT2D eigenvalue weighted by Crippen LogP contribution is 2.26. The molecule has 0 bridgehead atoms. The molecule has 0 spiro atoms. The summed E-state index contributed by atoms with van der Waals surface area (Å²) in [6.45, 7) is 4.50. The predicted octanol–water partition coefficient (Wildman–Crippen LogP) is 3.87. The van der Waals surface area contributed by atoms with Crippen LogP contribution >= 0.6 is 15.9 Å². The van der Waals surface area contributed by atoms with E-state index in [1.807, 2.05) is 32.0 Å². The summed E-state index contributed by atoms with van der Waals surface area (Å²) in [4.78, 5) is 38.0. The van der Waals surface area contributed by atoms with Gasteiger partial charge in [-0.2, -0.15) is 0 Å². The molecule has 0 saturated carbocycles. The minimum atomic E-state index is -0.310. The van der Waals surface area contributed by atoms with E-state index in [2.05, 4.69) is 26.6 Å². The largest absolute Gasteiger partial charge is 0.338 e. The normalized spacial score (nSPS) is 12.9. The molecule has 1 aliphatic heterocycles. The lowest BCUT2D eigenvalue weighted by Gasteiger charge is -2.14. The number of carbonyl (C=O) groups excluding carboxylic acids is 3. The Bertz CT molecular complexity index is 927. The molecule has 2 N–H and O–H groups in total. The summed E-state index contributed by atoms with van der Waals surface area (Å²) < 4.78 is 0.758. The van der Waals surface area contributed by atoms with Gasteiger partial charge in [0.2, 0.25) is 0 Å². The standard InChI is InChI=1S/C20H20BrN3O3/c1-12-4-5-13(2)17(10-12)23-20(27)22-8-3-9-24-18(25)15-7-6-14(21)11-16(15)19(24)26/h4-7,10-11H,3,8-9H2,1-2H3,(H2,22,23,27). The third-order valence-corrected chi connectivity index (χ3v) is 4.91. The number of hydrogen-bond acceptors (Lipinski definition) is 3. The highest BCUT2D eigenvalue weighted by Gasteiger charge is 2.34. The zero-order valence-electron chi connectivity index (χ0n) is 15.1. The van der Waals surface area contributed by atoms with Crippen LogP contribution < -0.4 is 10.6 Å². The molecular weight excluding hydrogens is 410 g/mol. The zero-order chi connectivity index (χ0) is 19.6. The van der Waals surface area contributed by atoms with Gasteiger partial charge in [0.25, 0.3) is 11.8 Å². The van der Waals surface area contributed by atoms with E-state index in [1.54, 1.807) is 18.2 Å². The fourth-order valence-electron chi connectivity index (χ4n) is 2.94. The molecule has 6 nitrogen and oxygen atoms in total. The van der Waals surface area contributed by atoms with Crippen LogP contribution in [0.25, 0.3) is 0 Å². The lowest BCUT2D eigenvalue weighted by Crippen LogP contribution is -2.35. The van der Waals surface area contributed by atoms with Crippen molar-refractivity contribution in [2.24, 2.45) is 0 Å². The van der Waals surface area contributed by atoms with Crippen molar-refractivity contribution in [3.63, 3.8) is 0 Å². The van der Waals surface area contributed by atoms with Gasteiger partial charge >= 0.3 is 6.03 Å². The summed E-state index contributed by atoms with van der Waals surface area (Å²) in [5.41, 5.74) is 3.64. The van der Waals surface area contributed by atoms with Gasteiger partial charge in [0.05, 0.1) is 11.1 Å². The van der Waals surface area contributed by atoms with Crippen LogP contribution in [0.2, 0.25) is 0 Å². The number of carbonyl (C=O) groups is 3. The van der Waals surface area contributed by atoms with E-state index in [1.165, 1.54) is 4.90 Å². The number of nitrogens with zero attached hydrogens (tertiary/aromatic N) is 1. The van der Waals surface area contributed by atoms with Gasteiger partial charge in [0.15, 0.2) is 0 Å². The maximum Gasteiger partial charge on any atom is 0.319 e. The van der Waals surface area contributed by atoms with Crippen molar-refractivity contribution in [3.05, 3.63) is 63.1 Å². The highest BCUT2D eigenvalue weighted by atomic mass is 79.9. The van der Waals surface area contributed by atoms with Gasteiger partial charge in [-0.1, -0.05) is 28.1 Å². The second-order valence-corrected chi connectivity index (χ2v) is 7.42. The zero-order valence-corrected chi connectivity index (χ0v) is 16.7. The Labute approximate surface area is 166 Å². The third-order valence-electron chi connectivity index (χ3n) is 4.42. The Morgan fingerprint density at radius 2 is 1.78 bits per heavy atom. The van der Waals surface area contributed by atoms with E-state index < -0.39 is 0 Å². The molecule has 7 heteroatoms. The SMILES string of the molecule is Cc1ccc(C)c(NC(=O)NCCCN2C(=O)c3ccc(Br)cc3C2=O)c1. The van der Waals surface area contributed by atoms with Crippen LogP contribution in [0.5, 0.6) is 0 Å². The average Bonchev–Trinajstić information content (AvgIpc) is 2.85. The Hall–Kier alpha value is -2.67. The molecule has 27 heavy (non-hydrogen) atoms. The second kappa shape index (κ2) is 7.92. The molecule has 3 rings (SSSR count). The molecule has 1 heterocycles. The molecule has 0 aromatic heterocycles. The number of halogens is 1. The monoisotopic (exact) mass is 429 g/mol. The summed E-state index contributed by atoms with van der Waals surface area (Å²) in [5, 5.41) is 5.57. The molecule has 0 unspecified atom stereocenters. The van der Waals surface area contributed by atoms with Crippen LogP contribution in [0, 0.1) is 13.8 Å². The first-order valence-corrected chi connectivity index (χ1v) is 9.44. The van der Waals surface area contributed by atoms with Gasteiger partial charge in [-0.15, -0.1) is 0 Å². The summed E-state index contributed by atoms with van der Waals surface area (Å²) in [6.07, 6.45) is 0.479. The summed E-state index contributed by atoms with van der Waals surface area (Å²) in [5.74, 6) is -0.585. The van der Waals surface area contributed by atoms with Crippen molar-refractivity contribution in [1.29, 1.82) is 0 Å². The Morgan fingerprint density at radius 3 is 2.56 bits per heavy atom. The van der Waals surface area contributed by atoms with Crippen LogP contribution in [0.4, 0.5) is 10.5 Å². The van der Waals surface area contributed by atoms with Crippen molar-refractivity contribution in [2.75, 3.05) is 18.4 Å². The number of urea groups is 1. The molecular formula is C20H20BrN3O3. The van der Waals surface area contributed by atoms with Crippen LogP contribution in [0.3, 0.4) is 0 Å². The lowest BCUT2D eigenvalue weighted by atomic mass is 10.1. The first-order valence-electron chi connectivity index (χ1n) is 8.64. The number of aryl methyl sites for hydroxylation is 2. The smallest absolute Gasteiger partial charge is 0.319 e. The molecule has 2 aromatic carbocycles. The molecule has 0 fully saturated rings. The number of benzene rings is 2. The van der Waals surface area contributed by atoms with E-state index in [0.717, 1.165) is 21.3 Å². The molecule has 0 aliphatic carbocycles. The van der Waals surface area contributed by atoms with E-state index in [-0.39, 0.29) is 24.4 Å². The van der Waals surface area contributed by atoms with E-state index in [0.29, 0.717) is 24.1 Å². The second-order valence-electron chi connectivity index (χ2n) is 6.50. The quantitative estimate of drug-likeness (QED) is 0.559. The molecule has 0 atom stereocenters. The maximum atomic E-state index is 12.4. The first-order chi connectivity index (χ1) is 12.9. The van der Waals surface area contributed by atoms with Crippen LogP contribution in [-0.4, -0.2) is 35.8 Å². The van der Waals surface area contributed by atoms with E-state index in [4.69, 9.17) is 0 Å². The van der Waals surface area contributed by atoms with Gasteiger partial charge < -0.3 is 10.6 Å². The number of rotatable bonds is 5. The van der Waals surface area contributed by atoms with Crippen molar-refractivity contribution in [2.45, 2.75) is 20.3 Å². The molecule has 1 aliphatic rings. The van der Waals surface area contributed by atoms with Gasteiger partial charge in [0.1, 0.15) is 0 Å². The van der Waals surface area contributed by atoms with Gasteiger partial charge in [-0.05, 0) is 55.7 Å². The van der Waals surface area contributed by atoms with Gasteiger partial charge in [-0.3, -0.25) is 14.5 Å². The maximum absolute atomic E-state index is 12.4. The number of nitrogens with one attached hydrogen (secondary N) is 2.